The van der Waals surface area contributed by atoms with E-state index >= 15 is 0 Å². The first-order valence-electron chi connectivity index (χ1n) is 25.3. The predicted molar refractivity (Wildman–Crippen MR) is 300 cm³/mol. The Labute approximate surface area is 428 Å². The van der Waals surface area contributed by atoms with Crippen LogP contribution in [0.25, 0.3) is 44.5 Å². The molecule has 6 aliphatic rings. The molecule has 11 aromatic rings. The molecule has 0 saturated carbocycles. The Bertz CT molecular complexity index is 3950. The van der Waals surface area contributed by atoms with E-state index in [0.29, 0.717) is 0 Å². The van der Waals surface area contributed by atoms with Gasteiger partial charge in [0.05, 0.1) is 34.1 Å². The van der Waals surface area contributed by atoms with Crippen LogP contribution in [0.2, 0.25) is 0 Å². The average Bonchev–Trinajstić information content (AvgIpc) is 3.48. The van der Waals surface area contributed by atoms with Crippen LogP contribution in [0.5, 0.6) is 46.0 Å². The fourth-order valence-electron chi connectivity index (χ4n) is 12.8. The molecule has 0 spiro atoms. The van der Waals surface area contributed by atoms with Crippen molar-refractivity contribution < 1.29 is 18.9 Å². The molecule has 6 aliphatic heterocycles. The third-order valence-corrected chi connectivity index (χ3v) is 15.9. The van der Waals surface area contributed by atoms with Crippen LogP contribution in [-0.4, -0.2) is 13.4 Å². The summed E-state index contributed by atoms with van der Waals surface area (Å²) in [5, 5.41) is 0. The number of hydrogen-bond donors (Lipinski definition) is 0. The maximum absolute atomic E-state index is 7.63. The van der Waals surface area contributed by atoms with Crippen molar-refractivity contribution >= 4 is 80.3 Å². The number of hydrogen-bond acceptors (Lipinski definition) is 6. The largest absolute Gasteiger partial charge is 0.456 e. The number of anilines is 6. The van der Waals surface area contributed by atoms with Crippen molar-refractivity contribution in [1.82, 2.24) is 0 Å². The van der Waals surface area contributed by atoms with Crippen LogP contribution in [0.4, 0.5) is 34.1 Å². The van der Waals surface area contributed by atoms with Gasteiger partial charge in [0.15, 0.2) is 23.0 Å². The van der Waals surface area contributed by atoms with Gasteiger partial charge in [0.2, 0.25) is 0 Å². The molecule has 74 heavy (non-hydrogen) atoms. The summed E-state index contributed by atoms with van der Waals surface area (Å²) in [6.07, 6.45) is 0. The van der Waals surface area contributed by atoms with Crippen molar-refractivity contribution in [2.45, 2.75) is 0 Å². The molecule has 342 valence electrons. The lowest BCUT2D eigenvalue weighted by atomic mass is 9.31. The van der Waals surface area contributed by atoms with Crippen molar-refractivity contribution in [3.63, 3.8) is 0 Å². The SMILES string of the molecule is c1ccc(-c2ccc3c(c2)Oc2cc(-c4ccccc4)cc4c2N3c2c3c5c(c6c2B4c2ccccc2O6)N2c4ccc(-c6ccccc6)cc4Oc4cc(-c6ccccc6)cc(c42)B5c2ccccc2O3)cc1. The van der Waals surface area contributed by atoms with E-state index in [1.54, 1.807) is 0 Å². The van der Waals surface area contributed by atoms with Crippen molar-refractivity contribution in [2.75, 3.05) is 9.80 Å². The standard InChI is InChI=1S/C66H38B2N2O4/c1-5-17-39(18-6-1)43-29-31-51-55(35-43)71-57-37-45(41-21-9-3-10-22-41)33-49-61(57)69(51)63-59-66(74-54-28-16-13-25-47(54)67(49)59)64-60-65(63)73-53-27-15-14-26-48(53)68(60)50-34-46(42-23-11-4-12-24-42)38-58-62(50)70(64)52-32-30-44(36-56(52)72-58)40-19-7-2-8-20-40/h1-38H. The zero-order chi connectivity index (χ0) is 48.2. The van der Waals surface area contributed by atoms with Gasteiger partial charge in [-0.05, 0) is 115 Å². The number of nitrogens with zero attached hydrogens (tertiary/aromatic N) is 2. The van der Waals surface area contributed by atoms with Crippen molar-refractivity contribution in [3.8, 4) is 90.5 Å². The van der Waals surface area contributed by atoms with Crippen LogP contribution >= 0.6 is 0 Å². The number of fused-ring (bicyclic) bond motifs is 14. The molecule has 0 unspecified atom stereocenters. The van der Waals surface area contributed by atoms with E-state index in [9.17, 15) is 0 Å². The average molecular weight is 945 g/mol. The minimum Gasteiger partial charge on any atom is -0.456 e. The van der Waals surface area contributed by atoms with E-state index in [0.717, 1.165) is 157 Å². The van der Waals surface area contributed by atoms with Crippen molar-refractivity contribution in [1.29, 1.82) is 0 Å². The van der Waals surface area contributed by atoms with E-state index in [-0.39, 0.29) is 13.4 Å². The van der Waals surface area contributed by atoms with Crippen LogP contribution in [0, 0.1) is 0 Å². The van der Waals surface area contributed by atoms with Crippen molar-refractivity contribution in [2.24, 2.45) is 0 Å². The molecule has 0 fully saturated rings. The molecule has 8 heteroatoms. The topological polar surface area (TPSA) is 43.4 Å². The zero-order valence-corrected chi connectivity index (χ0v) is 39.6. The van der Waals surface area contributed by atoms with Gasteiger partial charge in [0, 0.05) is 10.9 Å². The first-order chi connectivity index (χ1) is 36.7. The van der Waals surface area contributed by atoms with Gasteiger partial charge in [0.1, 0.15) is 23.0 Å². The smallest absolute Gasteiger partial charge is 0.256 e. The van der Waals surface area contributed by atoms with Crippen LogP contribution in [-0.2, 0) is 0 Å². The fourth-order valence-corrected chi connectivity index (χ4v) is 12.8. The molecule has 0 saturated heterocycles. The van der Waals surface area contributed by atoms with Gasteiger partial charge >= 0.3 is 0 Å². The van der Waals surface area contributed by atoms with Crippen LogP contribution in [0.3, 0.4) is 0 Å². The molecule has 0 aromatic heterocycles. The van der Waals surface area contributed by atoms with Gasteiger partial charge in [-0.3, -0.25) is 0 Å². The summed E-state index contributed by atoms with van der Waals surface area (Å²) < 4.78 is 29.8. The lowest BCUT2D eigenvalue weighted by molar-refractivity contribution is 0.467. The third kappa shape index (κ3) is 5.51. The summed E-state index contributed by atoms with van der Waals surface area (Å²) in [7, 11) is 0. The lowest BCUT2D eigenvalue weighted by Crippen LogP contribution is -2.64. The molecule has 0 aliphatic carbocycles. The van der Waals surface area contributed by atoms with E-state index in [1.807, 2.05) is 0 Å². The second kappa shape index (κ2) is 14.9. The molecule has 0 radical (unpaired) electrons. The highest BCUT2D eigenvalue weighted by Gasteiger charge is 2.54. The van der Waals surface area contributed by atoms with Crippen molar-refractivity contribution in [3.05, 3.63) is 231 Å². The third-order valence-electron chi connectivity index (χ3n) is 15.9. The summed E-state index contributed by atoms with van der Waals surface area (Å²) >= 11 is 0. The lowest BCUT2D eigenvalue weighted by Gasteiger charge is -2.49. The second-order valence-electron chi connectivity index (χ2n) is 19.9. The molecule has 0 N–H and O–H groups in total. The molecular formula is C66H38B2N2O4. The highest BCUT2D eigenvalue weighted by Crippen LogP contribution is 2.61. The molecule has 6 heterocycles. The van der Waals surface area contributed by atoms with Crippen LogP contribution < -0.4 is 61.5 Å². The summed E-state index contributed by atoms with van der Waals surface area (Å²) in [5.41, 5.74) is 21.0. The minimum absolute atomic E-state index is 0.268. The Kier molecular flexibility index (Phi) is 8.08. The van der Waals surface area contributed by atoms with E-state index in [1.165, 1.54) is 0 Å². The van der Waals surface area contributed by atoms with Gasteiger partial charge < -0.3 is 28.7 Å². The van der Waals surface area contributed by atoms with Gasteiger partial charge in [-0.25, -0.2) is 0 Å². The molecule has 17 rings (SSSR count). The van der Waals surface area contributed by atoms with E-state index in [4.69, 9.17) is 18.9 Å². The zero-order valence-electron chi connectivity index (χ0n) is 39.6. The number of benzene rings is 11. The molecule has 6 nitrogen and oxygen atoms in total. The first kappa shape index (κ1) is 40.0. The summed E-state index contributed by atoms with van der Waals surface area (Å²) in [6.45, 7) is -0.536. The molecule has 0 atom stereocenters. The molecule has 0 amide bonds. The second-order valence-corrected chi connectivity index (χ2v) is 19.9. The van der Waals surface area contributed by atoms with E-state index < -0.39 is 0 Å². The Morgan fingerprint density at radius 1 is 0.243 bits per heavy atom. The van der Waals surface area contributed by atoms with Gasteiger partial charge in [-0.15, -0.1) is 0 Å². The number of rotatable bonds is 4. The first-order valence-corrected chi connectivity index (χ1v) is 25.3. The Morgan fingerprint density at radius 3 is 1.00 bits per heavy atom. The normalized spacial score (nSPS) is 13.7. The molecule has 0 bridgehead atoms. The minimum atomic E-state index is -0.268. The molecule has 11 aromatic carbocycles. The Hall–Kier alpha value is -9.65. The number of para-hydroxylation sites is 2. The monoisotopic (exact) mass is 944 g/mol. The Morgan fingerprint density at radius 2 is 0.595 bits per heavy atom. The van der Waals surface area contributed by atoms with Gasteiger partial charge in [-0.1, -0.05) is 182 Å². The predicted octanol–water partition coefficient (Wildman–Crippen LogP) is 13.4. The molecular weight excluding hydrogens is 906 g/mol. The highest BCUT2D eigenvalue weighted by atomic mass is 16.5. The maximum Gasteiger partial charge on any atom is 0.256 e. The van der Waals surface area contributed by atoms with Crippen LogP contribution in [0.15, 0.2) is 231 Å². The summed E-state index contributed by atoms with van der Waals surface area (Å²) in [6, 6.07) is 81.9. The number of ether oxygens (including phenoxy) is 4. The quantitative estimate of drug-likeness (QED) is 0.164. The fraction of sp³-hybridized carbons (Fsp3) is 0. The van der Waals surface area contributed by atoms with Crippen LogP contribution in [0.1, 0.15) is 0 Å². The Balaban J connectivity index is 1.02. The highest BCUT2D eigenvalue weighted by molar-refractivity contribution is 7.02. The maximum atomic E-state index is 7.63. The van der Waals surface area contributed by atoms with Gasteiger partial charge in [0.25, 0.3) is 13.4 Å². The van der Waals surface area contributed by atoms with Gasteiger partial charge in [-0.2, -0.15) is 0 Å². The van der Waals surface area contributed by atoms with E-state index in [2.05, 4.69) is 240 Å². The summed E-state index contributed by atoms with van der Waals surface area (Å²) in [4.78, 5) is 4.86. The summed E-state index contributed by atoms with van der Waals surface area (Å²) in [5.74, 6) is 6.31.